The number of aliphatic imine (C=N–C) groups is 1. The molecule has 0 saturated carbocycles. The summed E-state index contributed by atoms with van der Waals surface area (Å²) < 4.78 is 30.4. The molecule has 0 radical (unpaired) electrons. The lowest BCUT2D eigenvalue weighted by Crippen LogP contribution is -2.35. The molecule has 8 rings (SSSR count). The van der Waals surface area contributed by atoms with Gasteiger partial charge in [-0.25, -0.2) is 18.9 Å². The van der Waals surface area contributed by atoms with E-state index in [1.165, 1.54) is 18.5 Å². The molecule has 3 aliphatic rings. The molecule has 5 aromatic rings. The van der Waals surface area contributed by atoms with E-state index in [4.69, 9.17) is 46.4 Å². The first-order valence-corrected chi connectivity index (χ1v) is 16.3. The molecule has 4 atom stereocenters. The Morgan fingerprint density at radius 3 is 2.08 bits per heavy atom. The number of nitrogens with one attached hydrogen (secondary N) is 2. The first kappa shape index (κ1) is 32.2. The first-order valence-electron chi connectivity index (χ1n) is 14.8. The van der Waals surface area contributed by atoms with Gasteiger partial charge in [0, 0.05) is 42.8 Å². The average Bonchev–Trinajstić information content (AvgIpc) is 3.76. The highest BCUT2D eigenvalue weighted by Crippen LogP contribution is 2.43. The normalized spacial score (nSPS) is 20.7. The van der Waals surface area contributed by atoms with E-state index in [0.717, 1.165) is 16.8 Å². The molecule has 242 valence electrons. The Morgan fingerprint density at radius 2 is 1.42 bits per heavy atom. The smallest absolute Gasteiger partial charge is 0.226 e. The van der Waals surface area contributed by atoms with E-state index in [2.05, 4.69) is 36.2 Å². The Hall–Kier alpha value is -4.35. The maximum Gasteiger partial charge on any atom is 0.226 e. The molecule has 0 spiro atoms. The van der Waals surface area contributed by atoms with Crippen LogP contribution in [0.5, 0.6) is 0 Å². The van der Waals surface area contributed by atoms with Gasteiger partial charge in [-0.05, 0) is 72.2 Å². The van der Waals surface area contributed by atoms with Crippen LogP contribution in [0.4, 0.5) is 14.7 Å². The fourth-order valence-electron chi connectivity index (χ4n) is 6.00. The summed E-state index contributed by atoms with van der Waals surface area (Å²) in [6.07, 6.45) is 3.88. The number of rotatable bonds is 4. The maximum absolute atomic E-state index is 14.4. The molecule has 4 heterocycles. The minimum Gasteiger partial charge on any atom is -0.324 e. The van der Waals surface area contributed by atoms with Gasteiger partial charge in [-0.2, -0.15) is 15.2 Å². The summed E-state index contributed by atoms with van der Waals surface area (Å²) in [7, 11) is 0. The van der Waals surface area contributed by atoms with E-state index < -0.39 is 6.04 Å². The van der Waals surface area contributed by atoms with Gasteiger partial charge in [0.05, 0.1) is 6.04 Å². The molecule has 0 amide bonds. The van der Waals surface area contributed by atoms with E-state index in [1.54, 1.807) is 41.1 Å². The Labute approximate surface area is 294 Å². The summed E-state index contributed by atoms with van der Waals surface area (Å²) in [5, 5.41) is 17.5. The zero-order valence-electron chi connectivity index (χ0n) is 24.7. The van der Waals surface area contributed by atoms with Crippen LogP contribution in [-0.2, 0) is 0 Å². The molecule has 1 aromatic heterocycles. The number of aromatic nitrogens is 3. The number of benzene rings is 4. The third-order valence-electron chi connectivity index (χ3n) is 8.26. The summed E-state index contributed by atoms with van der Waals surface area (Å²) in [4.78, 5) is 8.88. The molecular weight excluding hydrogens is 700 g/mol. The Kier molecular flexibility index (Phi) is 9.15. The van der Waals surface area contributed by atoms with Crippen molar-refractivity contribution in [3.8, 4) is 0 Å². The van der Waals surface area contributed by atoms with E-state index in [-0.39, 0.29) is 29.6 Å². The molecule has 8 nitrogen and oxygen atoms in total. The predicted molar refractivity (Wildman–Crippen MR) is 185 cm³/mol. The summed E-state index contributed by atoms with van der Waals surface area (Å²) in [5.74, 6) is 0.219. The third kappa shape index (κ3) is 6.41. The van der Waals surface area contributed by atoms with Gasteiger partial charge < -0.3 is 5.32 Å². The van der Waals surface area contributed by atoms with Crippen molar-refractivity contribution in [3.63, 3.8) is 0 Å². The largest absolute Gasteiger partial charge is 0.324 e. The summed E-state index contributed by atoms with van der Waals surface area (Å²) >= 11 is 24.4. The molecule has 2 N–H and O–H groups in total. The van der Waals surface area contributed by atoms with E-state index in [9.17, 15) is 8.78 Å². The Morgan fingerprint density at radius 1 is 0.771 bits per heavy atom. The Balaban J connectivity index is 0.000000152. The van der Waals surface area contributed by atoms with Gasteiger partial charge in [-0.15, -0.1) is 0 Å². The van der Waals surface area contributed by atoms with Crippen molar-refractivity contribution in [2.45, 2.75) is 30.5 Å². The van der Waals surface area contributed by atoms with Crippen molar-refractivity contribution < 1.29 is 8.78 Å². The minimum atomic E-state index is -0.497. The molecule has 4 unspecified atom stereocenters. The van der Waals surface area contributed by atoms with Gasteiger partial charge in [-0.1, -0.05) is 88.0 Å². The van der Waals surface area contributed by atoms with E-state index >= 15 is 0 Å². The quantitative estimate of drug-likeness (QED) is 0.193. The van der Waals surface area contributed by atoms with Crippen LogP contribution in [0.2, 0.25) is 20.1 Å². The third-order valence-corrected chi connectivity index (χ3v) is 9.43. The number of halogens is 6. The number of hydrogen-bond acceptors (Lipinski definition) is 7. The van der Waals surface area contributed by atoms with Crippen LogP contribution in [0.3, 0.4) is 0 Å². The number of nitrogens with zero attached hydrogens (tertiary/aromatic N) is 6. The molecular formula is C34H24Cl4F2N8. The molecule has 0 aliphatic carbocycles. The molecule has 4 aromatic carbocycles. The molecule has 0 bridgehead atoms. The van der Waals surface area contributed by atoms with Crippen LogP contribution in [0, 0.1) is 11.6 Å². The summed E-state index contributed by atoms with van der Waals surface area (Å²) in [6.45, 7) is 0. The Bertz CT molecular complexity index is 2020. The van der Waals surface area contributed by atoms with Crippen LogP contribution >= 0.6 is 46.4 Å². The zero-order valence-corrected chi connectivity index (χ0v) is 27.7. The van der Waals surface area contributed by atoms with Gasteiger partial charge in [0.25, 0.3) is 0 Å². The number of amidine groups is 1. The van der Waals surface area contributed by atoms with Gasteiger partial charge in [0.15, 0.2) is 0 Å². The predicted octanol–water partition coefficient (Wildman–Crippen LogP) is 9.88. The minimum absolute atomic E-state index is 0.134. The second-order valence-corrected chi connectivity index (χ2v) is 12.8. The second-order valence-electron chi connectivity index (χ2n) is 11.2. The average molecular weight is 724 g/mol. The first-order chi connectivity index (χ1) is 23.3. The lowest BCUT2D eigenvalue weighted by atomic mass is 9.81. The highest BCUT2D eigenvalue weighted by molar-refractivity contribution is 6.32. The van der Waals surface area contributed by atoms with E-state index in [0.29, 0.717) is 49.4 Å². The molecule has 0 saturated heterocycles. The van der Waals surface area contributed by atoms with Gasteiger partial charge in [0.1, 0.15) is 35.9 Å². The van der Waals surface area contributed by atoms with Crippen LogP contribution in [0.15, 0.2) is 113 Å². The van der Waals surface area contributed by atoms with E-state index in [1.807, 2.05) is 42.5 Å². The molecule has 0 fully saturated rings. The number of fused-ring (bicyclic) bond motifs is 2. The van der Waals surface area contributed by atoms with Crippen molar-refractivity contribution in [2.75, 3.05) is 5.32 Å². The second kappa shape index (κ2) is 13.6. The highest BCUT2D eigenvalue weighted by Gasteiger charge is 2.40. The van der Waals surface area contributed by atoms with Gasteiger partial charge >= 0.3 is 0 Å². The van der Waals surface area contributed by atoms with Crippen molar-refractivity contribution in [1.29, 1.82) is 0 Å². The monoisotopic (exact) mass is 722 g/mol. The number of allylic oxidation sites excluding steroid dienone is 1. The zero-order chi connectivity index (χ0) is 33.4. The summed E-state index contributed by atoms with van der Waals surface area (Å²) in [6, 6.07) is 23.2. The lowest BCUT2D eigenvalue weighted by molar-refractivity contribution is 0.469. The van der Waals surface area contributed by atoms with Crippen molar-refractivity contribution in [1.82, 2.24) is 20.2 Å². The molecule has 3 aliphatic heterocycles. The number of hydrogen-bond donors (Lipinski definition) is 2. The van der Waals surface area contributed by atoms with Gasteiger partial charge in [-0.3, -0.25) is 4.99 Å². The van der Waals surface area contributed by atoms with Crippen LogP contribution in [-0.4, -0.2) is 26.6 Å². The van der Waals surface area contributed by atoms with Gasteiger partial charge in [0.2, 0.25) is 5.95 Å². The maximum atomic E-state index is 14.4. The fraction of sp³-hybridized carbons (Fsp3) is 0.147. The van der Waals surface area contributed by atoms with Crippen molar-refractivity contribution >= 4 is 63.9 Å². The van der Waals surface area contributed by atoms with Crippen LogP contribution in [0.1, 0.15) is 46.7 Å². The lowest BCUT2D eigenvalue weighted by Gasteiger charge is -2.30. The van der Waals surface area contributed by atoms with Crippen molar-refractivity contribution in [2.24, 2.45) is 15.3 Å². The highest BCUT2D eigenvalue weighted by atomic mass is 35.5. The SMILES string of the molecule is Fc1cccc(Cl)c1C1C=C(c2ccc(Cl)cc2)Nc2ncnn21.Fc1cccc(Cl)c1C1CC(c2ccc(Cl)cc2)N=C2NN=NC21. The summed E-state index contributed by atoms with van der Waals surface area (Å²) in [5.41, 5.74) is 6.36. The topological polar surface area (TPSA) is 91.8 Å². The van der Waals surface area contributed by atoms with Crippen LogP contribution < -0.4 is 10.7 Å². The molecule has 48 heavy (non-hydrogen) atoms. The van der Waals surface area contributed by atoms with Crippen molar-refractivity contribution in [3.05, 3.63) is 151 Å². The molecule has 14 heteroatoms. The van der Waals surface area contributed by atoms with Crippen LogP contribution in [0.25, 0.3) is 5.70 Å². The fourth-order valence-corrected chi connectivity index (χ4v) is 6.83. The standard InChI is InChI=1S/C17H11Cl2FN4.C17H13Cl2FN4/c18-11-6-4-10(5-7-11)14-8-15(24-17(23-14)21-9-22-24)16-12(19)2-1-3-13(16)20;18-10-6-4-9(5-7-10)14-8-11(16-17(21-14)23-24-22-16)15-12(19)2-1-3-13(15)20/h1-9,15H,(H,21,22,23);1-7,11,14,16H,8H2,(H,21,22,23). The number of anilines is 1.